The Morgan fingerprint density at radius 1 is 1.59 bits per heavy atom. The lowest BCUT2D eigenvalue weighted by Gasteiger charge is -2.15. The summed E-state index contributed by atoms with van der Waals surface area (Å²) in [5.41, 5.74) is 0.349. The van der Waals surface area contributed by atoms with Crippen LogP contribution in [0.1, 0.15) is 10.4 Å². The van der Waals surface area contributed by atoms with Gasteiger partial charge in [0, 0.05) is 33.2 Å². The maximum atomic E-state index is 11.8. The molecular formula is C11H15ClN2O3. The van der Waals surface area contributed by atoms with Crippen LogP contribution in [-0.4, -0.2) is 44.4 Å². The summed E-state index contributed by atoms with van der Waals surface area (Å²) in [6.07, 6.45) is 2.78. The van der Waals surface area contributed by atoms with Crippen LogP contribution in [0.4, 0.5) is 0 Å². The third-order valence-corrected chi connectivity index (χ3v) is 2.52. The summed E-state index contributed by atoms with van der Waals surface area (Å²) < 4.78 is 10.1. The number of carbonyl (C=O) groups is 1. The van der Waals surface area contributed by atoms with Gasteiger partial charge in [-0.3, -0.25) is 9.78 Å². The molecule has 1 heterocycles. The molecule has 0 aromatic carbocycles. The number of nitrogens with one attached hydrogen (secondary N) is 1. The summed E-state index contributed by atoms with van der Waals surface area (Å²) in [5, 5.41) is 3.08. The number of aromatic nitrogens is 1. The summed E-state index contributed by atoms with van der Waals surface area (Å²) in [4.78, 5) is 15.6. The fourth-order valence-electron chi connectivity index (χ4n) is 1.24. The van der Waals surface area contributed by atoms with Crippen molar-refractivity contribution in [3.05, 3.63) is 29.0 Å². The maximum Gasteiger partial charge on any atom is 0.254 e. The van der Waals surface area contributed by atoms with Crippen LogP contribution in [0, 0.1) is 0 Å². The Morgan fingerprint density at radius 3 is 2.94 bits per heavy atom. The highest BCUT2D eigenvalue weighted by atomic mass is 35.5. The molecule has 0 saturated heterocycles. The van der Waals surface area contributed by atoms with Gasteiger partial charge in [-0.25, -0.2) is 0 Å². The van der Waals surface area contributed by atoms with Crippen LogP contribution in [0.2, 0.25) is 5.02 Å². The Labute approximate surface area is 105 Å². The number of ether oxygens (including phenoxy) is 2. The maximum absolute atomic E-state index is 11.8. The minimum atomic E-state index is -0.277. The van der Waals surface area contributed by atoms with Crippen LogP contribution < -0.4 is 5.32 Å². The van der Waals surface area contributed by atoms with Crippen molar-refractivity contribution in [2.75, 3.05) is 27.4 Å². The Bertz CT molecular complexity index is 373. The molecule has 0 radical (unpaired) electrons. The van der Waals surface area contributed by atoms with Crippen molar-refractivity contribution in [1.82, 2.24) is 10.3 Å². The normalized spacial score (nSPS) is 12.2. The molecule has 1 unspecified atom stereocenters. The largest absolute Gasteiger partial charge is 0.382 e. The lowest BCUT2D eigenvalue weighted by molar-refractivity contribution is 0.0285. The quantitative estimate of drug-likeness (QED) is 0.831. The first-order valence-electron chi connectivity index (χ1n) is 5.08. The molecule has 1 aromatic rings. The third kappa shape index (κ3) is 4.30. The van der Waals surface area contributed by atoms with Crippen molar-refractivity contribution in [3.63, 3.8) is 0 Å². The summed E-state index contributed by atoms with van der Waals surface area (Å²) in [6.45, 7) is 0.770. The number of halogens is 1. The van der Waals surface area contributed by atoms with E-state index in [1.165, 1.54) is 12.4 Å². The van der Waals surface area contributed by atoms with Crippen molar-refractivity contribution < 1.29 is 14.3 Å². The van der Waals surface area contributed by atoms with Crippen molar-refractivity contribution in [2.24, 2.45) is 0 Å². The number of methoxy groups -OCH3 is 2. The van der Waals surface area contributed by atoms with Gasteiger partial charge in [0.2, 0.25) is 0 Å². The summed E-state index contributed by atoms with van der Waals surface area (Å²) in [6, 6.07) is 1.57. The standard InChI is InChI=1S/C11H15ClN2O3/c1-16-7-8(17-2)5-14-11(15)9-6-13-4-3-10(9)12/h3-4,6,8H,5,7H2,1-2H3,(H,14,15). The Morgan fingerprint density at radius 2 is 2.35 bits per heavy atom. The van der Waals surface area contributed by atoms with Crippen molar-refractivity contribution in [3.8, 4) is 0 Å². The van der Waals surface area contributed by atoms with Gasteiger partial charge in [0.05, 0.1) is 23.3 Å². The molecule has 0 aliphatic carbocycles. The monoisotopic (exact) mass is 258 g/mol. The van der Waals surface area contributed by atoms with Gasteiger partial charge in [-0.1, -0.05) is 11.6 Å². The Hall–Kier alpha value is -1.17. The first-order valence-corrected chi connectivity index (χ1v) is 5.46. The first-order chi connectivity index (χ1) is 8.19. The first kappa shape index (κ1) is 13.9. The number of hydrogen-bond donors (Lipinski definition) is 1. The lowest BCUT2D eigenvalue weighted by atomic mass is 10.2. The smallest absolute Gasteiger partial charge is 0.254 e. The Kier molecular flexibility index (Phi) is 5.90. The molecule has 0 aliphatic heterocycles. The molecule has 6 heteroatoms. The van der Waals surface area contributed by atoms with Gasteiger partial charge in [-0.2, -0.15) is 0 Å². The van der Waals surface area contributed by atoms with Gasteiger partial charge >= 0.3 is 0 Å². The average molecular weight is 259 g/mol. The summed E-state index contributed by atoms with van der Waals surface area (Å²) >= 11 is 5.87. The van der Waals surface area contributed by atoms with E-state index >= 15 is 0 Å². The molecule has 1 N–H and O–H groups in total. The zero-order valence-electron chi connectivity index (χ0n) is 9.77. The average Bonchev–Trinajstić information content (AvgIpc) is 2.34. The van der Waals surface area contributed by atoms with E-state index in [4.69, 9.17) is 21.1 Å². The van der Waals surface area contributed by atoms with E-state index < -0.39 is 0 Å². The van der Waals surface area contributed by atoms with Crippen molar-refractivity contribution >= 4 is 17.5 Å². The van der Waals surface area contributed by atoms with Gasteiger partial charge in [0.15, 0.2) is 0 Å². The molecule has 0 bridgehead atoms. The van der Waals surface area contributed by atoms with Crippen molar-refractivity contribution in [1.29, 1.82) is 0 Å². The van der Waals surface area contributed by atoms with Gasteiger partial charge in [0.25, 0.3) is 5.91 Å². The van der Waals surface area contributed by atoms with E-state index in [-0.39, 0.29) is 12.0 Å². The second kappa shape index (κ2) is 7.21. The van der Waals surface area contributed by atoms with Gasteiger partial charge in [0.1, 0.15) is 0 Å². The molecule has 5 nitrogen and oxygen atoms in total. The SMILES string of the molecule is COCC(CNC(=O)c1cnccc1Cl)OC. The van der Waals surface area contributed by atoms with E-state index in [1.54, 1.807) is 20.3 Å². The van der Waals surface area contributed by atoms with Crippen LogP contribution in [0.15, 0.2) is 18.5 Å². The summed E-state index contributed by atoms with van der Waals surface area (Å²) in [5.74, 6) is -0.277. The predicted octanol–water partition coefficient (Wildman–Crippen LogP) is 1.13. The number of hydrogen-bond acceptors (Lipinski definition) is 4. The second-order valence-corrected chi connectivity index (χ2v) is 3.79. The molecule has 0 saturated carbocycles. The highest BCUT2D eigenvalue weighted by Crippen LogP contribution is 2.12. The minimum absolute atomic E-state index is 0.181. The zero-order chi connectivity index (χ0) is 12.7. The van der Waals surface area contributed by atoms with E-state index in [0.29, 0.717) is 23.7 Å². The number of rotatable bonds is 6. The highest BCUT2D eigenvalue weighted by molar-refractivity contribution is 6.33. The van der Waals surface area contributed by atoms with Crippen LogP contribution in [0.25, 0.3) is 0 Å². The molecule has 17 heavy (non-hydrogen) atoms. The highest BCUT2D eigenvalue weighted by Gasteiger charge is 2.13. The fraction of sp³-hybridized carbons (Fsp3) is 0.455. The molecule has 1 amide bonds. The number of carbonyl (C=O) groups excluding carboxylic acids is 1. The molecule has 1 aromatic heterocycles. The van der Waals surface area contributed by atoms with E-state index in [1.807, 2.05) is 0 Å². The van der Waals surface area contributed by atoms with Crippen molar-refractivity contribution in [2.45, 2.75) is 6.10 Å². The predicted molar refractivity (Wildman–Crippen MR) is 64.3 cm³/mol. The second-order valence-electron chi connectivity index (χ2n) is 3.38. The minimum Gasteiger partial charge on any atom is -0.382 e. The summed E-state index contributed by atoms with van der Waals surface area (Å²) in [7, 11) is 3.14. The molecule has 0 spiro atoms. The zero-order valence-corrected chi connectivity index (χ0v) is 10.5. The van der Waals surface area contributed by atoms with Gasteiger partial charge in [-0.05, 0) is 6.07 Å². The van der Waals surface area contributed by atoms with Crippen LogP contribution >= 0.6 is 11.6 Å². The lowest BCUT2D eigenvalue weighted by Crippen LogP contribution is -2.35. The van der Waals surface area contributed by atoms with Gasteiger partial charge in [-0.15, -0.1) is 0 Å². The molecule has 0 aliphatic rings. The fourth-order valence-corrected chi connectivity index (χ4v) is 1.43. The van der Waals surface area contributed by atoms with Crippen LogP contribution in [-0.2, 0) is 9.47 Å². The Balaban J connectivity index is 2.52. The van der Waals surface area contributed by atoms with Gasteiger partial charge < -0.3 is 14.8 Å². The molecule has 1 atom stereocenters. The number of nitrogens with zero attached hydrogens (tertiary/aromatic N) is 1. The topological polar surface area (TPSA) is 60.5 Å². The van der Waals surface area contributed by atoms with E-state index in [9.17, 15) is 4.79 Å². The molecule has 1 rings (SSSR count). The number of amides is 1. The molecular weight excluding hydrogens is 244 g/mol. The van der Waals surface area contributed by atoms with E-state index in [2.05, 4.69) is 10.3 Å². The molecule has 94 valence electrons. The van der Waals surface area contributed by atoms with Crippen LogP contribution in [0.5, 0.6) is 0 Å². The van der Waals surface area contributed by atoms with E-state index in [0.717, 1.165) is 0 Å². The third-order valence-electron chi connectivity index (χ3n) is 2.19. The molecule has 0 fully saturated rings. The number of pyridine rings is 1. The van der Waals surface area contributed by atoms with Crippen LogP contribution in [0.3, 0.4) is 0 Å².